The van der Waals surface area contributed by atoms with Crippen molar-refractivity contribution in [3.05, 3.63) is 71.6 Å². The molecule has 1 aliphatic rings. The molecule has 1 aromatic heterocycles. The highest BCUT2D eigenvalue weighted by Crippen LogP contribution is 2.31. The lowest BCUT2D eigenvalue weighted by atomic mass is 9.88. The zero-order valence-electron chi connectivity index (χ0n) is 11.4. The monoisotopic (exact) mass is 280 g/mol. The number of aliphatic carboxylic acids is 1. The van der Waals surface area contributed by atoms with Gasteiger partial charge in [-0.1, -0.05) is 30.3 Å². The van der Waals surface area contributed by atoms with Gasteiger partial charge in [0.1, 0.15) is 0 Å². The first-order chi connectivity index (χ1) is 10.2. The Morgan fingerprint density at radius 2 is 2.10 bits per heavy atom. The molecule has 0 saturated carbocycles. The van der Waals surface area contributed by atoms with Gasteiger partial charge in [0.05, 0.1) is 18.4 Å². The number of carbonyl (C=O) groups is 1. The van der Waals surface area contributed by atoms with Gasteiger partial charge in [-0.25, -0.2) is 0 Å². The summed E-state index contributed by atoms with van der Waals surface area (Å²) in [6.07, 6.45) is 7.81. The molecule has 1 aliphatic heterocycles. The van der Waals surface area contributed by atoms with Crippen LogP contribution in [0.1, 0.15) is 22.7 Å². The van der Waals surface area contributed by atoms with Crippen LogP contribution < -0.4 is 0 Å². The van der Waals surface area contributed by atoms with Gasteiger partial charge >= 0.3 is 5.97 Å². The van der Waals surface area contributed by atoms with Gasteiger partial charge in [-0.2, -0.15) is 0 Å². The molecular formula is C17H16N2O2. The summed E-state index contributed by atoms with van der Waals surface area (Å²) in [4.78, 5) is 18.5. The minimum absolute atomic E-state index is 0.0505. The van der Waals surface area contributed by atoms with Gasteiger partial charge in [0.15, 0.2) is 0 Å². The second kappa shape index (κ2) is 5.79. The minimum Gasteiger partial charge on any atom is -0.481 e. The van der Waals surface area contributed by atoms with Crippen molar-refractivity contribution in [3.8, 4) is 0 Å². The number of H-pyrrole nitrogens is 1. The lowest BCUT2D eigenvalue weighted by Crippen LogP contribution is -2.15. The molecule has 2 unspecified atom stereocenters. The van der Waals surface area contributed by atoms with E-state index in [1.807, 2.05) is 48.8 Å². The highest BCUT2D eigenvalue weighted by Gasteiger charge is 2.24. The second-order valence-corrected chi connectivity index (χ2v) is 5.09. The van der Waals surface area contributed by atoms with Crippen molar-refractivity contribution in [2.45, 2.75) is 18.4 Å². The van der Waals surface area contributed by atoms with Gasteiger partial charge < -0.3 is 10.1 Å². The minimum atomic E-state index is -0.813. The smallest absolute Gasteiger partial charge is 0.307 e. The number of aromatic nitrogens is 1. The summed E-state index contributed by atoms with van der Waals surface area (Å²) in [6, 6.07) is 11.8. The number of aromatic amines is 1. The predicted molar refractivity (Wildman–Crippen MR) is 81.8 cm³/mol. The Kier molecular flexibility index (Phi) is 3.69. The normalized spacial score (nSPS) is 18.0. The summed E-state index contributed by atoms with van der Waals surface area (Å²) in [7, 11) is 0. The van der Waals surface area contributed by atoms with Crippen LogP contribution in [0.15, 0.2) is 59.7 Å². The Hall–Kier alpha value is -2.62. The van der Waals surface area contributed by atoms with E-state index in [0.29, 0.717) is 0 Å². The van der Waals surface area contributed by atoms with E-state index in [2.05, 4.69) is 22.1 Å². The van der Waals surface area contributed by atoms with Gasteiger partial charge in [-0.15, -0.1) is 0 Å². The molecule has 21 heavy (non-hydrogen) atoms. The fourth-order valence-electron chi connectivity index (χ4n) is 2.68. The molecular weight excluding hydrogens is 264 g/mol. The first-order valence-corrected chi connectivity index (χ1v) is 6.88. The fourth-order valence-corrected chi connectivity index (χ4v) is 2.68. The maximum Gasteiger partial charge on any atom is 0.307 e. The quantitative estimate of drug-likeness (QED) is 0.884. The summed E-state index contributed by atoms with van der Waals surface area (Å²) in [5.74, 6) is -0.694. The van der Waals surface area contributed by atoms with E-state index in [1.54, 1.807) is 0 Å². The number of carboxylic acids is 1. The first-order valence-electron chi connectivity index (χ1n) is 6.88. The van der Waals surface area contributed by atoms with Crippen molar-refractivity contribution in [2.75, 3.05) is 0 Å². The van der Waals surface area contributed by atoms with Gasteiger partial charge in [-0.3, -0.25) is 9.79 Å². The molecule has 0 spiro atoms. The number of hydrogen-bond acceptors (Lipinski definition) is 2. The molecule has 4 heteroatoms. The van der Waals surface area contributed by atoms with Crippen molar-refractivity contribution in [1.29, 1.82) is 0 Å². The van der Waals surface area contributed by atoms with Crippen molar-refractivity contribution in [2.24, 2.45) is 4.99 Å². The van der Waals surface area contributed by atoms with Crippen LogP contribution in [-0.4, -0.2) is 28.3 Å². The predicted octanol–water partition coefficient (Wildman–Crippen LogP) is 2.78. The Morgan fingerprint density at radius 1 is 1.29 bits per heavy atom. The van der Waals surface area contributed by atoms with Gasteiger partial charge in [0.25, 0.3) is 0 Å². The summed E-state index contributed by atoms with van der Waals surface area (Å²) in [6.45, 7) is 0. The van der Waals surface area contributed by atoms with E-state index in [4.69, 9.17) is 5.11 Å². The highest BCUT2D eigenvalue weighted by atomic mass is 16.4. The van der Waals surface area contributed by atoms with E-state index < -0.39 is 5.97 Å². The highest BCUT2D eigenvalue weighted by molar-refractivity contribution is 5.74. The Morgan fingerprint density at radius 3 is 2.67 bits per heavy atom. The van der Waals surface area contributed by atoms with E-state index in [1.165, 1.54) is 0 Å². The number of carboxylic acid groups (broad SMARTS) is 1. The van der Waals surface area contributed by atoms with Crippen molar-refractivity contribution in [3.63, 3.8) is 0 Å². The third-order valence-corrected chi connectivity index (χ3v) is 3.65. The average molecular weight is 280 g/mol. The summed E-state index contributed by atoms with van der Waals surface area (Å²) < 4.78 is 0. The van der Waals surface area contributed by atoms with Crippen molar-refractivity contribution >= 4 is 12.2 Å². The number of benzene rings is 1. The van der Waals surface area contributed by atoms with Crippen molar-refractivity contribution < 1.29 is 9.90 Å². The second-order valence-electron chi connectivity index (χ2n) is 5.09. The molecule has 2 heterocycles. The van der Waals surface area contributed by atoms with Crippen LogP contribution in [0.5, 0.6) is 0 Å². The standard InChI is InChI=1S/C17H16N2O2/c20-16(21)11-12-5-7-13(8-6-12)17(14-3-1-9-18-14)15-4-2-10-19-15/h1-10,14,17,19H,11H2,(H,20,21). The van der Waals surface area contributed by atoms with Crippen molar-refractivity contribution in [1.82, 2.24) is 4.98 Å². The molecule has 3 rings (SSSR count). The van der Waals surface area contributed by atoms with Crippen LogP contribution in [0.3, 0.4) is 0 Å². The Labute approximate surface area is 122 Å². The lowest BCUT2D eigenvalue weighted by Gasteiger charge is -2.20. The molecule has 0 fully saturated rings. The van der Waals surface area contributed by atoms with E-state index >= 15 is 0 Å². The third-order valence-electron chi connectivity index (χ3n) is 3.65. The summed E-state index contributed by atoms with van der Waals surface area (Å²) in [5, 5.41) is 8.83. The molecule has 0 saturated heterocycles. The number of hydrogen-bond donors (Lipinski definition) is 2. The van der Waals surface area contributed by atoms with Crippen LogP contribution in [0.4, 0.5) is 0 Å². The van der Waals surface area contributed by atoms with E-state index in [-0.39, 0.29) is 18.4 Å². The molecule has 0 radical (unpaired) electrons. The molecule has 2 aromatic rings. The van der Waals surface area contributed by atoms with E-state index in [0.717, 1.165) is 16.8 Å². The zero-order valence-corrected chi connectivity index (χ0v) is 11.4. The van der Waals surface area contributed by atoms with Gasteiger partial charge in [-0.05, 0) is 29.3 Å². The fraction of sp³-hybridized carbons (Fsp3) is 0.176. The largest absolute Gasteiger partial charge is 0.481 e. The Bertz CT molecular complexity index is 657. The SMILES string of the molecule is O=C(O)Cc1ccc(C(c2ccc[nH]2)C2C=CC=N2)cc1. The molecule has 0 amide bonds. The number of allylic oxidation sites excluding steroid dienone is 1. The number of nitrogens with one attached hydrogen (secondary N) is 1. The molecule has 0 bridgehead atoms. The maximum atomic E-state index is 10.8. The average Bonchev–Trinajstić information content (AvgIpc) is 3.14. The summed E-state index contributed by atoms with van der Waals surface area (Å²) >= 11 is 0. The molecule has 2 atom stereocenters. The van der Waals surface area contributed by atoms with Crippen LogP contribution in [-0.2, 0) is 11.2 Å². The maximum absolute atomic E-state index is 10.8. The number of nitrogens with zero attached hydrogens (tertiary/aromatic N) is 1. The van der Waals surface area contributed by atoms with Gasteiger partial charge in [0, 0.05) is 18.1 Å². The molecule has 106 valence electrons. The van der Waals surface area contributed by atoms with Gasteiger partial charge in [0.2, 0.25) is 0 Å². The number of aliphatic imine (C=N–C) groups is 1. The molecule has 1 aromatic carbocycles. The van der Waals surface area contributed by atoms with Crippen LogP contribution in [0, 0.1) is 0 Å². The summed E-state index contributed by atoms with van der Waals surface area (Å²) in [5.41, 5.74) is 3.04. The number of rotatable bonds is 5. The van der Waals surface area contributed by atoms with E-state index in [9.17, 15) is 4.79 Å². The topological polar surface area (TPSA) is 65.4 Å². The van der Waals surface area contributed by atoms with Crippen LogP contribution >= 0.6 is 0 Å². The molecule has 0 aliphatic carbocycles. The first kappa shape index (κ1) is 13.4. The molecule has 4 nitrogen and oxygen atoms in total. The van der Waals surface area contributed by atoms with Crippen LogP contribution in [0.25, 0.3) is 0 Å². The van der Waals surface area contributed by atoms with Crippen LogP contribution in [0.2, 0.25) is 0 Å². The lowest BCUT2D eigenvalue weighted by molar-refractivity contribution is -0.136. The molecule has 2 N–H and O–H groups in total. The third kappa shape index (κ3) is 2.94. The Balaban J connectivity index is 1.91. The zero-order chi connectivity index (χ0) is 14.7.